The van der Waals surface area contributed by atoms with Gasteiger partial charge in [-0.3, -0.25) is 4.79 Å². The summed E-state index contributed by atoms with van der Waals surface area (Å²) in [5.74, 6) is -0.284. The minimum Gasteiger partial charge on any atom is -0.383 e. The van der Waals surface area contributed by atoms with E-state index in [2.05, 4.69) is 15.7 Å². The molecular formula is C20H23N5O3. The van der Waals surface area contributed by atoms with Crippen LogP contribution in [-0.2, 0) is 16.1 Å². The Balaban J connectivity index is 1.72. The SMILES string of the molecule is CC[C@H](C(=O)Nc1ccc(-n2nnn(CCOC)c2=O)cc1)c1ccccc1. The largest absolute Gasteiger partial charge is 0.383 e. The normalized spacial score (nSPS) is 11.9. The lowest BCUT2D eigenvalue weighted by Crippen LogP contribution is -2.25. The first-order valence-corrected chi connectivity index (χ1v) is 9.12. The number of rotatable bonds is 8. The van der Waals surface area contributed by atoms with Crippen molar-refractivity contribution in [3.8, 4) is 5.69 Å². The molecule has 1 atom stereocenters. The maximum absolute atomic E-state index is 12.7. The summed E-state index contributed by atoms with van der Waals surface area (Å²) in [6.45, 7) is 2.70. The van der Waals surface area contributed by atoms with Crippen LogP contribution in [0.1, 0.15) is 24.8 Å². The number of carbonyl (C=O) groups excluding carboxylic acids is 1. The Bertz CT molecular complexity index is 964. The summed E-state index contributed by atoms with van der Waals surface area (Å²) < 4.78 is 7.40. The number of amides is 1. The second kappa shape index (κ2) is 9.09. The number of benzene rings is 2. The summed E-state index contributed by atoms with van der Waals surface area (Å²) in [7, 11) is 1.56. The Hall–Kier alpha value is -3.26. The highest BCUT2D eigenvalue weighted by Gasteiger charge is 2.18. The van der Waals surface area contributed by atoms with E-state index in [1.165, 1.54) is 9.36 Å². The third-order valence-corrected chi connectivity index (χ3v) is 4.45. The Morgan fingerprint density at radius 2 is 1.82 bits per heavy atom. The van der Waals surface area contributed by atoms with Crippen molar-refractivity contribution in [2.45, 2.75) is 25.8 Å². The first-order chi connectivity index (χ1) is 13.6. The van der Waals surface area contributed by atoms with E-state index in [9.17, 15) is 9.59 Å². The van der Waals surface area contributed by atoms with Crippen LogP contribution in [0, 0.1) is 0 Å². The van der Waals surface area contributed by atoms with Crippen LogP contribution in [-0.4, -0.2) is 39.4 Å². The Morgan fingerprint density at radius 3 is 2.46 bits per heavy atom. The molecule has 8 nitrogen and oxygen atoms in total. The van der Waals surface area contributed by atoms with E-state index >= 15 is 0 Å². The number of hydrogen-bond donors (Lipinski definition) is 1. The lowest BCUT2D eigenvalue weighted by atomic mass is 9.95. The van der Waals surface area contributed by atoms with Gasteiger partial charge in [0, 0.05) is 12.8 Å². The minimum atomic E-state index is -0.344. The van der Waals surface area contributed by atoms with Crippen LogP contribution in [0.25, 0.3) is 5.69 Å². The molecule has 0 spiro atoms. The zero-order valence-electron chi connectivity index (χ0n) is 15.9. The number of tetrazole rings is 1. The van der Waals surface area contributed by atoms with Crippen LogP contribution in [0.4, 0.5) is 5.69 Å². The summed E-state index contributed by atoms with van der Waals surface area (Å²) in [6, 6.07) is 16.6. The highest BCUT2D eigenvalue weighted by molar-refractivity contribution is 5.95. The molecule has 1 heterocycles. The molecule has 0 aliphatic heterocycles. The van der Waals surface area contributed by atoms with Crippen LogP contribution in [0.3, 0.4) is 0 Å². The molecule has 3 aromatic rings. The predicted octanol–water partition coefficient (Wildman–Crippen LogP) is 2.21. The molecule has 1 N–H and O–H groups in total. The Labute approximate surface area is 162 Å². The first kappa shape index (κ1) is 19.5. The fourth-order valence-electron chi connectivity index (χ4n) is 2.93. The van der Waals surface area contributed by atoms with Crippen LogP contribution in [0.5, 0.6) is 0 Å². The Kier molecular flexibility index (Phi) is 6.33. The number of ether oxygens (including phenoxy) is 1. The number of methoxy groups -OCH3 is 1. The van der Waals surface area contributed by atoms with Gasteiger partial charge in [-0.05, 0) is 46.7 Å². The summed E-state index contributed by atoms with van der Waals surface area (Å²) in [5.41, 5.74) is 1.87. The smallest absolute Gasteiger partial charge is 0.368 e. The van der Waals surface area contributed by atoms with E-state index in [0.29, 0.717) is 30.9 Å². The van der Waals surface area contributed by atoms with Gasteiger partial charge in [0.05, 0.1) is 24.8 Å². The molecule has 28 heavy (non-hydrogen) atoms. The van der Waals surface area contributed by atoms with Gasteiger partial charge in [0.2, 0.25) is 5.91 Å². The lowest BCUT2D eigenvalue weighted by molar-refractivity contribution is -0.117. The standard InChI is InChI=1S/C20H23N5O3/c1-3-18(15-7-5-4-6-8-15)19(26)21-16-9-11-17(12-10-16)25-20(27)24(22-23-25)13-14-28-2/h4-12,18H,3,13-14H2,1-2H3,(H,21,26)/t18-/m0/s1. The van der Waals surface area contributed by atoms with Crippen molar-refractivity contribution in [1.82, 2.24) is 19.8 Å². The van der Waals surface area contributed by atoms with E-state index in [-0.39, 0.29) is 17.5 Å². The number of nitrogens with one attached hydrogen (secondary N) is 1. The van der Waals surface area contributed by atoms with Crippen LogP contribution in [0.2, 0.25) is 0 Å². The highest BCUT2D eigenvalue weighted by Crippen LogP contribution is 2.22. The molecule has 1 aromatic heterocycles. The van der Waals surface area contributed by atoms with Crippen molar-refractivity contribution in [2.24, 2.45) is 0 Å². The zero-order chi connectivity index (χ0) is 19.9. The summed E-state index contributed by atoms with van der Waals surface area (Å²) >= 11 is 0. The molecule has 146 valence electrons. The zero-order valence-corrected chi connectivity index (χ0v) is 15.9. The van der Waals surface area contributed by atoms with Gasteiger partial charge in [0.1, 0.15) is 0 Å². The van der Waals surface area contributed by atoms with Crippen molar-refractivity contribution in [1.29, 1.82) is 0 Å². The number of carbonyl (C=O) groups is 1. The molecule has 0 saturated heterocycles. The van der Waals surface area contributed by atoms with Crippen molar-refractivity contribution in [3.05, 3.63) is 70.6 Å². The van der Waals surface area contributed by atoms with Crippen molar-refractivity contribution in [3.63, 3.8) is 0 Å². The van der Waals surface area contributed by atoms with Gasteiger partial charge >= 0.3 is 5.69 Å². The van der Waals surface area contributed by atoms with Gasteiger partial charge in [-0.25, -0.2) is 4.79 Å². The number of hydrogen-bond acceptors (Lipinski definition) is 5. The van der Waals surface area contributed by atoms with Gasteiger partial charge in [-0.2, -0.15) is 9.36 Å². The maximum Gasteiger partial charge on any atom is 0.368 e. The minimum absolute atomic E-state index is 0.0656. The number of nitrogens with zero attached hydrogens (tertiary/aromatic N) is 4. The third-order valence-electron chi connectivity index (χ3n) is 4.45. The molecule has 1 amide bonds. The average Bonchev–Trinajstić information content (AvgIpc) is 3.09. The Morgan fingerprint density at radius 1 is 1.11 bits per heavy atom. The molecule has 2 aromatic carbocycles. The fraction of sp³-hybridized carbons (Fsp3) is 0.300. The van der Waals surface area contributed by atoms with E-state index in [1.807, 2.05) is 37.3 Å². The fourth-order valence-corrected chi connectivity index (χ4v) is 2.93. The van der Waals surface area contributed by atoms with Gasteiger partial charge in [-0.1, -0.05) is 37.3 Å². The maximum atomic E-state index is 12.7. The van der Waals surface area contributed by atoms with E-state index in [1.54, 1.807) is 31.4 Å². The molecule has 3 rings (SSSR count). The van der Waals surface area contributed by atoms with Gasteiger partial charge in [0.25, 0.3) is 0 Å². The summed E-state index contributed by atoms with van der Waals surface area (Å²) in [4.78, 5) is 25.0. The van der Waals surface area contributed by atoms with Crippen LogP contribution < -0.4 is 11.0 Å². The third kappa shape index (κ3) is 4.34. The molecule has 0 saturated carbocycles. The molecule has 0 radical (unpaired) electrons. The molecular weight excluding hydrogens is 358 g/mol. The van der Waals surface area contributed by atoms with Crippen molar-refractivity contribution >= 4 is 11.6 Å². The average molecular weight is 381 g/mol. The second-order valence-corrected chi connectivity index (χ2v) is 6.30. The van der Waals surface area contributed by atoms with Crippen molar-refractivity contribution < 1.29 is 9.53 Å². The highest BCUT2D eigenvalue weighted by atomic mass is 16.5. The first-order valence-electron chi connectivity index (χ1n) is 9.12. The van der Waals surface area contributed by atoms with Crippen molar-refractivity contribution in [2.75, 3.05) is 19.0 Å². The van der Waals surface area contributed by atoms with Crippen LogP contribution >= 0.6 is 0 Å². The lowest BCUT2D eigenvalue weighted by Gasteiger charge is -2.15. The summed E-state index contributed by atoms with van der Waals surface area (Å²) in [5, 5.41) is 10.7. The monoisotopic (exact) mass is 381 g/mol. The second-order valence-electron chi connectivity index (χ2n) is 6.30. The van der Waals surface area contributed by atoms with Gasteiger partial charge in [-0.15, -0.1) is 0 Å². The van der Waals surface area contributed by atoms with E-state index in [0.717, 1.165) is 5.56 Å². The number of anilines is 1. The predicted molar refractivity (Wildman–Crippen MR) is 106 cm³/mol. The van der Waals surface area contributed by atoms with Gasteiger partial charge in [0.15, 0.2) is 0 Å². The topological polar surface area (TPSA) is 91.0 Å². The quantitative estimate of drug-likeness (QED) is 0.646. The number of aromatic nitrogens is 4. The van der Waals surface area contributed by atoms with Gasteiger partial charge < -0.3 is 10.1 Å². The van der Waals surface area contributed by atoms with E-state index in [4.69, 9.17) is 4.74 Å². The van der Waals surface area contributed by atoms with Crippen LogP contribution in [0.15, 0.2) is 59.4 Å². The molecule has 0 unspecified atom stereocenters. The molecule has 0 aliphatic carbocycles. The van der Waals surface area contributed by atoms with E-state index < -0.39 is 0 Å². The molecule has 8 heteroatoms. The molecule has 0 bridgehead atoms. The summed E-state index contributed by atoms with van der Waals surface area (Å²) in [6.07, 6.45) is 0.702. The molecule has 0 fully saturated rings. The molecule has 0 aliphatic rings.